The third-order valence-corrected chi connectivity index (χ3v) is 3.35. The lowest BCUT2D eigenvalue weighted by Crippen LogP contribution is -2.31. The predicted octanol–water partition coefficient (Wildman–Crippen LogP) is 3.41. The van der Waals surface area contributed by atoms with Crippen LogP contribution in [0.4, 0.5) is 0 Å². The number of carbonyl (C=O) groups is 2. The first-order valence-corrected chi connectivity index (χ1v) is 7.19. The molecule has 0 aromatic heterocycles. The van der Waals surface area contributed by atoms with Crippen molar-refractivity contribution in [3.63, 3.8) is 0 Å². The Hall–Kier alpha value is -2.33. The van der Waals surface area contributed by atoms with E-state index in [9.17, 15) is 9.59 Å². The van der Waals surface area contributed by atoms with Gasteiger partial charge < -0.3 is 10.1 Å². The number of halogens is 1. The average molecular weight is 318 g/mol. The molecular weight excluding hydrogens is 302 g/mol. The summed E-state index contributed by atoms with van der Waals surface area (Å²) in [5.74, 6) is 0.308. The van der Waals surface area contributed by atoms with Gasteiger partial charge in [-0.3, -0.25) is 9.59 Å². The molecule has 4 nitrogen and oxygen atoms in total. The smallest absolute Gasteiger partial charge is 0.258 e. The van der Waals surface area contributed by atoms with E-state index < -0.39 is 0 Å². The largest absolute Gasteiger partial charge is 0.484 e. The number of amides is 1. The van der Waals surface area contributed by atoms with Crippen molar-refractivity contribution in [2.45, 2.75) is 13.0 Å². The van der Waals surface area contributed by atoms with E-state index in [2.05, 4.69) is 5.32 Å². The van der Waals surface area contributed by atoms with Gasteiger partial charge in [-0.15, -0.1) is 0 Å². The highest BCUT2D eigenvalue weighted by molar-refractivity contribution is 6.30. The first-order valence-electron chi connectivity index (χ1n) is 6.81. The molecule has 0 spiro atoms. The maximum Gasteiger partial charge on any atom is 0.258 e. The molecule has 1 unspecified atom stereocenters. The standard InChI is InChI=1S/C17H16ClNO3/c1-12(14-3-2-4-15(18)9-14)19-17(21)11-22-16-7-5-13(10-20)6-8-16/h2-10,12H,11H2,1H3,(H,19,21). The van der Waals surface area contributed by atoms with Crippen molar-refractivity contribution < 1.29 is 14.3 Å². The van der Waals surface area contributed by atoms with Crippen LogP contribution in [0.2, 0.25) is 5.02 Å². The van der Waals surface area contributed by atoms with E-state index >= 15 is 0 Å². The van der Waals surface area contributed by atoms with Crippen LogP contribution in [0.3, 0.4) is 0 Å². The molecule has 0 aliphatic heterocycles. The number of hydrogen-bond donors (Lipinski definition) is 1. The summed E-state index contributed by atoms with van der Waals surface area (Å²) in [6.45, 7) is 1.79. The molecule has 1 atom stereocenters. The van der Waals surface area contributed by atoms with E-state index in [1.54, 1.807) is 30.3 Å². The van der Waals surface area contributed by atoms with Crippen LogP contribution in [-0.4, -0.2) is 18.8 Å². The molecule has 5 heteroatoms. The van der Waals surface area contributed by atoms with Crippen molar-refractivity contribution in [2.24, 2.45) is 0 Å². The molecule has 0 saturated heterocycles. The second-order valence-electron chi connectivity index (χ2n) is 4.82. The summed E-state index contributed by atoms with van der Waals surface area (Å²) in [6.07, 6.45) is 0.753. The molecule has 22 heavy (non-hydrogen) atoms. The Morgan fingerprint density at radius 2 is 2.00 bits per heavy atom. The lowest BCUT2D eigenvalue weighted by molar-refractivity contribution is -0.123. The Labute approximate surface area is 134 Å². The van der Waals surface area contributed by atoms with Gasteiger partial charge in [-0.1, -0.05) is 23.7 Å². The summed E-state index contributed by atoms with van der Waals surface area (Å²) in [7, 11) is 0. The SMILES string of the molecule is CC(NC(=O)COc1ccc(C=O)cc1)c1cccc(Cl)c1. The van der Waals surface area contributed by atoms with Crippen molar-refractivity contribution in [3.05, 3.63) is 64.7 Å². The van der Waals surface area contributed by atoms with Crippen molar-refractivity contribution in [2.75, 3.05) is 6.61 Å². The van der Waals surface area contributed by atoms with Gasteiger partial charge in [0.15, 0.2) is 6.61 Å². The number of ether oxygens (including phenoxy) is 1. The Morgan fingerprint density at radius 3 is 2.64 bits per heavy atom. The van der Waals surface area contributed by atoms with Gasteiger partial charge >= 0.3 is 0 Å². The van der Waals surface area contributed by atoms with Crippen molar-refractivity contribution in [1.82, 2.24) is 5.32 Å². The van der Waals surface area contributed by atoms with Gasteiger partial charge in [-0.05, 0) is 48.9 Å². The van der Waals surface area contributed by atoms with Crippen LogP contribution < -0.4 is 10.1 Å². The fraction of sp³-hybridized carbons (Fsp3) is 0.176. The van der Waals surface area contributed by atoms with E-state index in [4.69, 9.17) is 16.3 Å². The lowest BCUT2D eigenvalue weighted by atomic mass is 10.1. The quantitative estimate of drug-likeness (QED) is 0.831. The summed E-state index contributed by atoms with van der Waals surface area (Å²) in [4.78, 5) is 22.4. The van der Waals surface area contributed by atoms with Crippen LogP contribution in [0.5, 0.6) is 5.75 Å². The molecule has 0 radical (unpaired) electrons. The summed E-state index contributed by atoms with van der Waals surface area (Å²) < 4.78 is 5.37. The first kappa shape index (κ1) is 16.0. The van der Waals surface area contributed by atoms with Crippen molar-refractivity contribution in [1.29, 1.82) is 0 Å². The van der Waals surface area contributed by atoms with Crippen molar-refractivity contribution in [3.8, 4) is 5.75 Å². The summed E-state index contributed by atoms with van der Waals surface area (Å²) in [5.41, 5.74) is 1.49. The second-order valence-corrected chi connectivity index (χ2v) is 5.26. The number of nitrogens with one attached hydrogen (secondary N) is 1. The van der Waals surface area contributed by atoms with Gasteiger partial charge in [0.25, 0.3) is 5.91 Å². The highest BCUT2D eigenvalue weighted by Gasteiger charge is 2.10. The summed E-state index contributed by atoms with van der Waals surface area (Å²) in [5, 5.41) is 3.47. The molecular formula is C17H16ClNO3. The Bertz CT molecular complexity index is 655. The maximum atomic E-state index is 11.9. The van der Waals surface area contributed by atoms with Crippen LogP contribution in [0, 0.1) is 0 Å². The molecule has 1 amide bonds. The monoisotopic (exact) mass is 317 g/mol. The molecule has 2 aromatic carbocycles. The second kappa shape index (κ2) is 7.61. The molecule has 1 N–H and O–H groups in total. The van der Waals surface area contributed by atoms with E-state index in [1.165, 1.54) is 0 Å². The lowest BCUT2D eigenvalue weighted by Gasteiger charge is -2.15. The molecule has 0 aliphatic carbocycles. The van der Waals surface area contributed by atoms with Crippen molar-refractivity contribution >= 4 is 23.8 Å². The zero-order valence-electron chi connectivity index (χ0n) is 12.1. The Balaban J connectivity index is 1.85. The van der Waals surface area contributed by atoms with E-state index in [1.807, 2.05) is 25.1 Å². The molecule has 0 heterocycles. The number of rotatable bonds is 6. The van der Waals surface area contributed by atoms with E-state index in [0.717, 1.165) is 11.8 Å². The third-order valence-electron chi connectivity index (χ3n) is 3.11. The molecule has 114 valence electrons. The van der Waals surface area contributed by atoms with Crippen LogP contribution in [0.1, 0.15) is 28.9 Å². The van der Waals surface area contributed by atoms with Gasteiger partial charge in [0.2, 0.25) is 0 Å². The molecule has 0 bridgehead atoms. The van der Waals surface area contributed by atoms with E-state index in [0.29, 0.717) is 16.3 Å². The van der Waals surface area contributed by atoms with Crippen LogP contribution >= 0.6 is 11.6 Å². The fourth-order valence-corrected chi connectivity index (χ4v) is 2.13. The molecule has 0 saturated carbocycles. The normalized spacial score (nSPS) is 11.5. The minimum Gasteiger partial charge on any atom is -0.484 e. The average Bonchev–Trinajstić information content (AvgIpc) is 2.53. The Kier molecular flexibility index (Phi) is 5.55. The van der Waals surface area contributed by atoms with Gasteiger partial charge in [-0.2, -0.15) is 0 Å². The number of aldehydes is 1. The van der Waals surface area contributed by atoms with Crippen LogP contribution in [-0.2, 0) is 4.79 Å². The zero-order valence-corrected chi connectivity index (χ0v) is 12.8. The first-order chi connectivity index (χ1) is 10.6. The van der Waals surface area contributed by atoms with Gasteiger partial charge in [0, 0.05) is 10.6 Å². The summed E-state index contributed by atoms with van der Waals surface area (Å²) >= 11 is 5.93. The minimum absolute atomic E-state index is 0.0919. The molecule has 0 aliphatic rings. The minimum atomic E-state index is -0.230. The highest BCUT2D eigenvalue weighted by Crippen LogP contribution is 2.17. The number of carbonyl (C=O) groups excluding carboxylic acids is 2. The topological polar surface area (TPSA) is 55.4 Å². The molecule has 2 rings (SSSR count). The molecule has 0 fully saturated rings. The maximum absolute atomic E-state index is 11.9. The van der Waals surface area contributed by atoms with E-state index in [-0.39, 0.29) is 18.6 Å². The fourth-order valence-electron chi connectivity index (χ4n) is 1.93. The van der Waals surface area contributed by atoms with Crippen LogP contribution in [0.25, 0.3) is 0 Å². The Morgan fingerprint density at radius 1 is 1.27 bits per heavy atom. The number of benzene rings is 2. The van der Waals surface area contributed by atoms with Crippen LogP contribution in [0.15, 0.2) is 48.5 Å². The van der Waals surface area contributed by atoms with Gasteiger partial charge in [-0.25, -0.2) is 0 Å². The van der Waals surface area contributed by atoms with Gasteiger partial charge in [0.1, 0.15) is 12.0 Å². The van der Waals surface area contributed by atoms with Gasteiger partial charge in [0.05, 0.1) is 6.04 Å². The zero-order chi connectivity index (χ0) is 15.9. The number of hydrogen-bond acceptors (Lipinski definition) is 3. The summed E-state index contributed by atoms with van der Waals surface area (Å²) in [6, 6.07) is 13.7. The highest BCUT2D eigenvalue weighted by atomic mass is 35.5. The third kappa shape index (κ3) is 4.60. The predicted molar refractivity (Wildman–Crippen MR) is 85.3 cm³/mol. The molecule has 2 aromatic rings.